The molecule has 0 N–H and O–H groups in total. The molecule has 1 fully saturated rings. The average Bonchev–Trinajstić information content (AvgIpc) is 3.07. The van der Waals surface area contributed by atoms with Crippen LogP contribution in [0.25, 0.3) is 11.0 Å². The molecule has 1 amide bonds. The first-order chi connectivity index (χ1) is 11.8. The second-order valence-corrected chi connectivity index (χ2v) is 6.39. The summed E-state index contributed by atoms with van der Waals surface area (Å²) in [5, 5.41) is 8.10. The highest BCUT2D eigenvalue weighted by atomic mass is 16.2. The van der Waals surface area contributed by atoms with Gasteiger partial charge in [0.2, 0.25) is 0 Å². The summed E-state index contributed by atoms with van der Waals surface area (Å²) in [5.74, 6) is 0.643. The molecule has 1 saturated heterocycles. The van der Waals surface area contributed by atoms with Gasteiger partial charge in [-0.3, -0.25) is 0 Å². The number of nitrogens with zero attached hydrogens (tertiary/aromatic N) is 4. The maximum absolute atomic E-state index is 12.7. The molecule has 122 valence electrons. The van der Waals surface area contributed by atoms with E-state index in [1.165, 1.54) is 10.2 Å². The van der Waals surface area contributed by atoms with E-state index in [2.05, 4.69) is 34.6 Å². The monoisotopic (exact) mass is 320 g/mol. The Labute approximate surface area is 140 Å². The van der Waals surface area contributed by atoms with E-state index in [1.54, 1.807) is 0 Å². The highest BCUT2D eigenvalue weighted by Crippen LogP contribution is 2.22. The molecule has 1 aromatic heterocycles. The van der Waals surface area contributed by atoms with Crippen molar-refractivity contribution in [3.63, 3.8) is 0 Å². The predicted molar refractivity (Wildman–Crippen MR) is 92.8 cm³/mol. The minimum atomic E-state index is -0.0677. The van der Waals surface area contributed by atoms with Gasteiger partial charge in [0.05, 0.1) is 5.52 Å². The fourth-order valence-corrected chi connectivity index (χ4v) is 3.42. The third kappa shape index (κ3) is 2.89. The van der Waals surface area contributed by atoms with E-state index in [4.69, 9.17) is 0 Å². The van der Waals surface area contributed by atoms with Crippen LogP contribution < -0.4 is 0 Å². The molecular weight excluding hydrogens is 300 g/mol. The van der Waals surface area contributed by atoms with Gasteiger partial charge in [0, 0.05) is 13.1 Å². The van der Waals surface area contributed by atoms with E-state index in [9.17, 15) is 4.79 Å². The molecule has 3 aromatic rings. The molecule has 0 unspecified atom stereocenters. The van der Waals surface area contributed by atoms with Gasteiger partial charge < -0.3 is 4.90 Å². The van der Waals surface area contributed by atoms with Crippen molar-refractivity contribution in [3.8, 4) is 0 Å². The van der Waals surface area contributed by atoms with Gasteiger partial charge in [0.1, 0.15) is 5.52 Å². The Balaban J connectivity index is 1.41. The van der Waals surface area contributed by atoms with Crippen molar-refractivity contribution < 1.29 is 4.79 Å². The first kappa shape index (κ1) is 14.9. The van der Waals surface area contributed by atoms with Crippen LogP contribution in [-0.2, 0) is 6.42 Å². The van der Waals surface area contributed by atoms with Gasteiger partial charge in [0.25, 0.3) is 0 Å². The number of hydrogen-bond donors (Lipinski definition) is 0. The molecule has 1 aliphatic heterocycles. The molecule has 2 heterocycles. The summed E-state index contributed by atoms with van der Waals surface area (Å²) in [6.07, 6.45) is 3.16. The molecule has 0 radical (unpaired) electrons. The Morgan fingerprint density at radius 2 is 1.71 bits per heavy atom. The number of carbonyl (C=O) groups excluding carboxylic acids is 1. The van der Waals surface area contributed by atoms with Crippen LogP contribution in [0, 0.1) is 5.92 Å². The van der Waals surface area contributed by atoms with Gasteiger partial charge in [-0.05, 0) is 42.9 Å². The van der Waals surface area contributed by atoms with E-state index < -0.39 is 0 Å². The molecule has 0 spiro atoms. The van der Waals surface area contributed by atoms with Crippen molar-refractivity contribution in [1.29, 1.82) is 0 Å². The predicted octanol–water partition coefficient (Wildman–Crippen LogP) is 3.35. The maximum atomic E-state index is 12.7. The van der Waals surface area contributed by atoms with Crippen molar-refractivity contribution in [1.82, 2.24) is 19.9 Å². The van der Waals surface area contributed by atoms with Crippen LogP contribution in [0.1, 0.15) is 18.4 Å². The molecule has 0 saturated carbocycles. The summed E-state index contributed by atoms with van der Waals surface area (Å²) >= 11 is 0. The SMILES string of the molecule is O=C(N1CCC(Cc2ccccc2)CC1)n1nnc2ccccc21. The largest absolute Gasteiger partial charge is 0.346 e. The maximum Gasteiger partial charge on any atom is 0.346 e. The second kappa shape index (κ2) is 6.43. The number of rotatable bonds is 2. The number of benzene rings is 2. The summed E-state index contributed by atoms with van der Waals surface area (Å²) in [6.45, 7) is 1.56. The van der Waals surface area contributed by atoms with Crippen molar-refractivity contribution in [2.24, 2.45) is 5.92 Å². The van der Waals surface area contributed by atoms with Crippen molar-refractivity contribution in [2.75, 3.05) is 13.1 Å². The molecule has 0 atom stereocenters. The number of hydrogen-bond acceptors (Lipinski definition) is 3. The summed E-state index contributed by atoms with van der Waals surface area (Å²) in [6, 6.07) is 18.1. The van der Waals surface area contributed by atoms with Crippen LogP contribution in [0.4, 0.5) is 4.79 Å². The highest BCUT2D eigenvalue weighted by molar-refractivity contribution is 5.87. The van der Waals surface area contributed by atoms with E-state index in [1.807, 2.05) is 35.2 Å². The first-order valence-electron chi connectivity index (χ1n) is 8.45. The number of piperidine rings is 1. The standard InChI is InChI=1S/C19H20N4O/c24-19(23-18-9-5-4-8-17(18)20-21-23)22-12-10-16(11-13-22)14-15-6-2-1-3-7-15/h1-9,16H,10-14H2. The Morgan fingerprint density at radius 1 is 1.00 bits per heavy atom. The van der Waals surface area contributed by atoms with E-state index in [-0.39, 0.29) is 6.03 Å². The summed E-state index contributed by atoms with van der Waals surface area (Å²) in [4.78, 5) is 14.6. The lowest BCUT2D eigenvalue weighted by molar-refractivity contribution is 0.169. The lowest BCUT2D eigenvalue weighted by Gasteiger charge is -2.31. The van der Waals surface area contributed by atoms with Crippen LogP contribution in [0.3, 0.4) is 0 Å². The third-order valence-corrected chi connectivity index (χ3v) is 4.79. The molecule has 2 aromatic carbocycles. The summed E-state index contributed by atoms with van der Waals surface area (Å²) < 4.78 is 1.42. The lowest BCUT2D eigenvalue weighted by atomic mass is 9.90. The van der Waals surface area contributed by atoms with Crippen LogP contribution in [0.15, 0.2) is 54.6 Å². The highest BCUT2D eigenvalue weighted by Gasteiger charge is 2.25. The van der Waals surface area contributed by atoms with Crippen LogP contribution >= 0.6 is 0 Å². The zero-order chi connectivity index (χ0) is 16.4. The lowest BCUT2D eigenvalue weighted by Crippen LogP contribution is -2.41. The number of fused-ring (bicyclic) bond motifs is 1. The van der Waals surface area contributed by atoms with Gasteiger partial charge in [-0.25, -0.2) is 4.79 Å². The molecular formula is C19H20N4O. The van der Waals surface area contributed by atoms with E-state index in [0.717, 1.165) is 43.4 Å². The molecule has 0 bridgehead atoms. The zero-order valence-corrected chi connectivity index (χ0v) is 13.5. The number of amides is 1. The van der Waals surface area contributed by atoms with Crippen molar-refractivity contribution in [2.45, 2.75) is 19.3 Å². The number of para-hydroxylation sites is 1. The smallest absolute Gasteiger partial charge is 0.323 e. The molecule has 5 heteroatoms. The van der Waals surface area contributed by atoms with Gasteiger partial charge in [-0.2, -0.15) is 4.68 Å². The Hall–Kier alpha value is -2.69. The molecule has 1 aliphatic rings. The van der Waals surface area contributed by atoms with E-state index in [0.29, 0.717) is 5.92 Å². The van der Waals surface area contributed by atoms with Gasteiger partial charge in [0.15, 0.2) is 0 Å². The second-order valence-electron chi connectivity index (χ2n) is 6.39. The molecule has 24 heavy (non-hydrogen) atoms. The number of aromatic nitrogens is 3. The molecule has 5 nitrogen and oxygen atoms in total. The molecule has 0 aliphatic carbocycles. The number of carbonyl (C=O) groups is 1. The fraction of sp³-hybridized carbons (Fsp3) is 0.316. The van der Waals surface area contributed by atoms with Crippen molar-refractivity contribution in [3.05, 3.63) is 60.2 Å². The van der Waals surface area contributed by atoms with Crippen molar-refractivity contribution >= 4 is 17.1 Å². The Kier molecular flexibility index (Phi) is 3.99. The van der Waals surface area contributed by atoms with Gasteiger partial charge in [-0.15, -0.1) is 5.10 Å². The van der Waals surface area contributed by atoms with Crippen LogP contribution in [-0.4, -0.2) is 39.0 Å². The quantitative estimate of drug-likeness (QED) is 0.727. The Morgan fingerprint density at radius 3 is 2.50 bits per heavy atom. The first-order valence-corrected chi connectivity index (χ1v) is 8.45. The third-order valence-electron chi connectivity index (χ3n) is 4.79. The summed E-state index contributed by atoms with van der Waals surface area (Å²) in [7, 11) is 0. The number of likely N-dealkylation sites (tertiary alicyclic amines) is 1. The average molecular weight is 320 g/mol. The Bertz CT molecular complexity index is 835. The molecule has 4 rings (SSSR count). The summed E-state index contributed by atoms with van der Waals surface area (Å²) in [5.41, 5.74) is 2.91. The van der Waals surface area contributed by atoms with Crippen LogP contribution in [0.2, 0.25) is 0 Å². The normalized spacial score (nSPS) is 15.8. The topological polar surface area (TPSA) is 51.0 Å². The zero-order valence-electron chi connectivity index (χ0n) is 13.5. The van der Waals surface area contributed by atoms with Crippen LogP contribution in [0.5, 0.6) is 0 Å². The minimum absolute atomic E-state index is 0.0677. The fourth-order valence-electron chi connectivity index (χ4n) is 3.42. The van der Waals surface area contributed by atoms with Gasteiger partial charge in [-0.1, -0.05) is 47.7 Å². The van der Waals surface area contributed by atoms with E-state index >= 15 is 0 Å². The minimum Gasteiger partial charge on any atom is -0.323 e. The van der Waals surface area contributed by atoms with Gasteiger partial charge >= 0.3 is 6.03 Å².